The Morgan fingerprint density at radius 3 is 2.57 bits per heavy atom. The number of hydrogen-bond donors (Lipinski definition) is 1. The monoisotopic (exact) mass is 399 g/mol. The van der Waals surface area contributed by atoms with Crippen LogP contribution in [0.4, 0.5) is 8.78 Å². The van der Waals surface area contributed by atoms with Crippen LogP contribution in [0.1, 0.15) is 25.7 Å². The van der Waals surface area contributed by atoms with E-state index in [9.17, 15) is 17.2 Å². The molecule has 2 unspecified atom stereocenters. The van der Waals surface area contributed by atoms with Crippen molar-refractivity contribution < 1.29 is 17.2 Å². The first-order chi connectivity index (χ1) is 9.85. The van der Waals surface area contributed by atoms with Crippen molar-refractivity contribution in [2.45, 2.75) is 41.9 Å². The van der Waals surface area contributed by atoms with E-state index in [1.165, 1.54) is 0 Å². The first-order valence-corrected chi connectivity index (χ1v) is 10.1. The summed E-state index contributed by atoms with van der Waals surface area (Å²) in [5.74, 6) is -1.91. The van der Waals surface area contributed by atoms with Gasteiger partial charge in [-0.2, -0.15) is 11.8 Å². The molecule has 1 N–H and O–H groups in total. The second kappa shape index (κ2) is 6.93. The Hall–Kier alpha value is -0.180. The Balaban J connectivity index is 2.30. The maximum atomic E-state index is 13.8. The molecule has 1 aliphatic carbocycles. The number of thioether (sulfide) groups is 1. The minimum atomic E-state index is -4.03. The molecular formula is C13H16BrF2NO2S2. The van der Waals surface area contributed by atoms with Crippen molar-refractivity contribution in [1.82, 2.24) is 4.72 Å². The summed E-state index contributed by atoms with van der Waals surface area (Å²) in [4.78, 5) is -0.533. The molecule has 1 aromatic carbocycles. The number of nitrogens with one attached hydrogen (secondary N) is 1. The molecule has 0 saturated heterocycles. The van der Waals surface area contributed by atoms with Crippen LogP contribution in [-0.2, 0) is 10.0 Å². The van der Waals surface area contributed by atoms with Gasteiger partial charge in [0.15, 0.2) is 0 Å². The summed E-state index contributed by atoms with van der Waals surface area (Å²) in [7, 11) is -4.03. The first-order valence-electron chi connectivity index (χ1n) is 6.55. The lowest BCUT2D eigenvalue weighted by atomic mass is 9.96. The molecular weight excluding hydrogens is 384 g/mol. The van der Waals surface area contributed by atoms with E-state index in [0.717, 1.165) is 31.7 Å². The van der Waals surface area contributed by atoms with Crippen molar-refractivity contribution in [3.05, 3.63) is 28.2 Å². The van der Waals surface area contributed by atoms with Gasteiger partial charge in [0.25, 0.3) is 0 Å². The summed E-state index contributed by atoms with van der Waals surface area (Å²) in [6.07, 6.45) is 5.61. The molecule has 8 heteroatoms. The lowest BCUT2D eigenvalue weighted by Crippen LogP contribution is -2.43. The minimum absolute atomic E-state index is 0.107. The zero-order chi connectivity index (χ0) is 15.6. The summed E-state index contributed by atoms with van der Waals surface area (Å²) in [5.41, 5.74) is 0. The maximum absolute atomic E-state index is 13.8. The normalized spacial score (nSPS) is 23.2. The van der Waals surface area contributed by atoms with Crippen molar-refractivity contribution in [1.29, 1.82) is 0 Å². The molecule has 118 valence electrons. The summed E-state index contributed by atoms with van der Waals surface area (Å²) < 4.78 is 54.2. The molecule has 2 rings (SSSR count). The van der Waals surface area contributed by atoms with Gasteiger partial charge in [0.1, 0.15) is 16.5 Å². The molecule has 0 spiro atoms. The van der Waals surface area contributed by atoms with Crippen LogP contribution < -0.4 is 4.72 Å². The van der Waals surface area contributed by atoms with Crippen LogP contribution in [-0.4, -0.2) is 26.0 Å². The van der Waals surface area contributed by atoms with Crippen molar-refractivity contribution in [3.8, 4) is 0 Å². The van der Waals surface area contributed by atoms with Crippen LogP contribution in [0, 0.1) is 11.6 Å². The van der Waals surface area contributed by atoms with Gasteiger partial charge in [-0.25, -0.2) is 21.9 Å². The van der Waals surface area contributed by atoms with Crippen LogP contribution >= 0.6 is 27.7 Å². The average Bonchev–Trinajstić information content (AvgIpc) is 2.37. The molecule has 0 bridgehead atoms. The second-order valence-corrected chi connectivity index (χ2v) is 8.57. The molecule has 0 radical (unpaired) electrons. The Morgan fingerprint density at radius 1 is 1.29 bits per heavy atom. The molecule has 1 fully saturated rings. The van der Waals surface area contributed by atoms with Crippen molar-refractivity contribution in [2.24, 2.45) is 0 Å². The van der Waals surface area contributed by atoms with E-state index in [1.54, 1.807) is 11.8 Å². The predicted octanol–water partition coefficient (Wildman–Crippen LogP) is 3.68. The third kappa shape index (κ3) is 3.97. The fourth-order valence-corrected chi connectivity index (χ4v) is 6.06. The van der Waals surface area contributed by atoms with Gasteiger partial charge in [-0.1, -0.05) is 12.8 Å². The second-order valence-electron chi connectivity index (χ2n) is 4.98. The SMILES string of the molecule is CSC1CCCCC1NS(=O)(=O)c1c(F)cc(F)cc1Br. The van der Waals surface area contributed by atoms with Crippen LogP contribution in [0.2, 0.25) is 0 Å². The largest absolute Gasteiger partial charge is 0.244 e. The lowest BCUT2D eigenvalue weighted by molar-refractivity contribution is 0.422. The van der Waals surface area contributed by atoms with Gasteiger partial charge in [-0.05, 0) is 41.1 Å². The van der Waals surface area contributed by atoms with Gasteiger partial charge in [0.2, 0.25) is 10.0 Å². The molecule has 0 aromatic heterocycles. The highest BCUT2D eigenvalue weighted by Crippen LogP contribution is 2.31. The van der Waals surface area contributed by atoms with Gasteiger partial charge in [-0.15, -0.1) is 0 Å². The zero-order valence-electron chi connectivity index (χ0n) is 11.4. The van der Waals surface area contributed by atoms with E-state index in [-0.39, 0.29) is 15.8 Å². The van der Waals surface area contributed by atoms with Gasteiger partial charge in [-0.3, -0.25) is 0 Å². The van der Waals surface area contributed by atoms with Crippen molar-refractivity contribution in [2.75, 3.05) is 6.26 Å². The molecule has 21 heavy (non-hydrogen) atoms. The quantitative estimate of drug-likeness (QED) is 0.839. The Bertz CT molecular complexity index is 602. The van der Waals surface area contributed by atoms with E-state index in [0.29, 0.717) is 6.07 Å². The number of rotatable bonds is 4. The van der Waals surface area contributed by atoms with Gasteiger partial charge >= 0.3 is 0 Å². The van der Waals surface area contributed by atoms with Crippen LogP contribution in [0.3, 0.4) is 0 Å². The molecule has 2 atom stereocenters. The molecule has 3 nitrogen and oxygen atoms in total. The third-order valence-electron chi connectivity index (χ3n) is 3.54. The number of sulfonamides is 1. The molecule has 0 heterocycles. The summed E-state index contributed by atoms with van der Waals surface area (Å²) >= 11 is 4.53. The fraction of sp³-hybridized carbons (Fsp3) is 0.538. The van der Waals surface area contributed by atoms with E-state index >= 15 is 0 Å². The highest BCUT2D eigenvalue weighted by Gasteiger charge is 2.31. The van der Waals surface area contributed by atoms with Crippen LogP contribution in [0.15, 0.2) is 21.5 Å². The van der Waals surface area contributed by atoms with Crippen molar-refractivity contribution >= 4 is 37.7 Å². The molecule has 1 saturated carbocycles. The first kappa shape index (κ1) is 17.2. The fourth-order valence-electron chi connectivity index (χ4n) is 2.56. The Morgan fingerprint density at radius 2 is 1.95 bits per heavy atom. The average molecular weight is 400 g/mol. The number of benzene rings is 1. The van der Waals surface area contributed by atoms with Crippen LogP contribution in [0.5, 0.6) is 0 Å². The molecule has 1 aromatic rings. The highest BCUT2D eigenvalue weighted by atomic mass is 79.9. The van der Waals surface area contributed by atoms with Crippen molar-refractivity contribution in [3.63, 3.8) is 0 Å². The molecule has 1 aliphatic rings. The molecule has 0 aliphatic heterocycles. The van der Waals surface area contributed by atoms with E-state index < -0.39 is 26.6 Å². The predicted molar refractivity (Wildman–Crippen MR) is 83.9 cm³/mol. The molecule has 0 amide bonds. The third-order valence-corrected chi connectivity index (χ3v) is 7.17. The Labute approximate surface area is 136 Å². The highest BCUT2D eigenvalue weighted by molar-refractivity contribution is 9.10. The summed E-state index contributed by atoms with van der Waals surface area (Å²) in [6.45, 7) is 0. The minimum Gasteiger partial charge on any atom is -0.207 e. The standard InChI is InChI=1S/C13H16BrF2NO2S2/c1-20-12-5-3-2-4-11(12)17-21(18,19)13-9(14)6-8(15)7-10(13)16/h6-7,11-12,17H,2-5H2,1H3. The van der Waals surface area contributed by atoms with Gasteiger partial charge in [0.05, 0.1) is 0 Å². The topological polar surface area (TPSA) is 46.2 Å². The van der Waals surface area contributed by atoms with Crippen LogP contribution in [0.25, 0.3) is 0 Å². The lowest BCUT2D eigenvalue weighted by Gasteiger charge is -2.30. The van der Waals surface area contributed by atoms with Gasteiger partial charge in [0, 0.05) is 21.8 Å². The smallest absolute Gasteiger partial charge is 0.207 e. The van der Waals surface area contributed by atoms with Gasteiger partial charge < -0.3 is 0 Å². The maximum Gasteiger partial charge on any atom is 0.244 e. The summed E-state index contributed by atoms with van der Waals surface area (Å²) in [6, 6.07) is 1.30. The number of halogens is 3. The van der Waals surface area contributed by atoms with E-state index in [1.807, 2.05) is 6.26 Å². The number of hydrogen-bond acceptors (Lipinski definition) is 3. The Kier molecular flexibility index (Phi) is 5.67. The zero-order valence-corrected chi connectivity index (χ0v) is 14.6. The summed E-state index contributed by atoms with van der Waals surface area (Å²) in [5, 5.41) is 0.177. The van der Waals surface area contributed by atoms with E-state index in [2.05, 4.69) is 20.7 Å². The van der Waals surface area contributed by atoms with E-state index in [4.69, 9.17) is 0 Å².